The summed E-state index contributed by atoms with van der Waals surface area (Å²) in [4.78, 5) is 21.4. The van der Waals surface area contributed by atoms with Crippen LogP contribution in [-0.2, 0) is 23.8 Å². The number of hydrogen-bond donors (Lipinski definition) is 0. The Morgan fingerprint density at radius 1 is 0.875 bits per heavy atom. The lowest BCUT2D eigenvalue weighted by Gasteiger charge is -2.15. The molecule has 0 saturated carbocycles. The average Bonchev–Trinajstić information content (AvgIpc) is 3.13. The van der Waals surface area contributed by atoms with Gasteiger partial charge in [-0.25, -0.2) is 9.97 Å². The van der Waals surface area contributed by atoms with Crippen LogP contribution in [0.15, 0.2) is 60.7 Å². The van der Waals surface area contributed by atoms with Crippen molar-refractivity contribution in [2.45, 2.75) is 25.2 Å². The highest BCUT2D eigenvalue weighted by Gasteiger charge is 2.37. The summed E-state index contributed by atoms with van der Waals surface area (Å²) in [7, 11) is -3.60. The molecule has 2 atom stereocenters. The van der Waals surface area contributed by atoms with E-state index in [9.17, 15) is 13.2 Å². The number of benzene rings is 2. The fourth-order valence-electron chi connectivity index (χ4n) is 3.94. The average molecular weight is 453 g/mol. The van der Waals surface area contributed by atoms with Gasteiger partial charge in [-0.05, 0) is 6.42 Å². The highest BCUT2D eigenvalue weighted by Crippen LogP contribution is 2.43. The van der Waals surface area contributed by atoms with Crippen LogP contribution in [0.25, 0.3) is 22.5 Å². The van der Waals surface area contributed by atoms with Crippen molar-refractivity contribution in [1.29, 1.82) is 0 Å². The smallest absolute Gasteiger partial charge is 0.302 e. The number of hydrogen-bond acceptors (Lipinski definition) is 7. The number of esters is 1. The zero-order chi connectivity index (χ0) is 22.7. The van der Waals surface area contributed by atoms with Crippen molar-refractivity contribution in [3.05, 3.63) is 72.1 Å². The summed E-state index contributed by atoms with van der Waals surface area (Å²) in [6.45, 7) is 1.49. The number of fused-ring (bicyclic) bond motifs is 1. The Kier molecular flexibility index (Phi) is 6.34. The molecule has 0 unspecified atom stereocenters. The number of nitrogens with zero attached hydrogens (tertiary/aromatic N) is 2. The predicted octanol–water partition coefficient (Wildman–Crippen LogP) is 3.92. The molecule has 3 aromatic rings. The van der Waals surface area contributed by atoms with E-state index in [1.54, 1.807) is 0 Å². The Morgan fingerprint density at radius 3 is 1.78 bits per heavy atom. The van der Waals surface area contributed by atoms with E-state index in [0.717, 1.165) is 23.1 Å². The van der Waals surface area contributed by atoms with Crippen LogP contribution in [0.2, 0.25) is 0 Å². The molecule has 0 fully saturated rings. The van der Waals surface area contributed by atoms with Gasteiger partial charge in [0, 0.05) is 29.9 Å². The number of rotatable bonds is 7. The summed E-state index contributed by atoms with van der Waals surface area (Å²) >= 11 is 0. The molecule has 2 aromatic carbocycles. The summed E-state index contributed by atoms with van der Waals surface area (Å²) < 4.78 is 33.6. The van der Waals surface area contributed by atoms with E-state index in [0.29, 0.717) is 23.5 Å². The minimum absolute atomic E-state index is 0.0317. The lowest BCUT2D eigenvalue weighted by Crippen LogP contribution is -2.12. The molecule has 0 aliphatic heterocycles. The molecule has 0 spiro atoms. The number of carbonyl (C=O) groups is 1. The van der Waals surface area contributed by atoms with Gasteiger partial charge in [0.15, 0.2) is 0 Å². The van der Waals surface area contributed by atoms with Gasteiger partial charge >= 0.3 is 5.97 Å². The van der Waals surface area contributed by atoms with Crippen molar-refractivity contribution in [2.75, 3.05) is 19.5 Å². The van der Waals surface area contributed by atoms with Crippen LogP contribution in [0, 0.1) is 0 Å². The zero-order valence-corrected chi connectivity index (χ0v) is 18.7. The second-order valence-electron chi connectivity index (χ2n) is 7.84. The fourth-order valence-corrected chi connectivity index (χ4v) is 4.35. The Hall–Kier alpha value is -3.10. The molecule has 1 aromatic heterocycles. The van der Waals surface area contributed by atoms with Gasteiger partial charge in [0.25, 0.3) is 10.1 Å². The molecule has 0 bridgehead atoms. The molecule has 0 saturated heterocycles. The monoisotopic (exact) mass is 452 g/mol. The van der Waals surface area contributed by atoms with E-state index >= 15 is 0 Å². The van der Waals surface area contributed by atoms with Gasteiger partial charge in [0.05, 0.1) is 42.2 Å². The van der Waals surface area contributed by atoms with Crippen LogP contribution < -0.4 is 0 Å². The van der Waals surface area contributed by atoms with Gasteiger partial charge in [0.2, 0.25) is 0 Å². The Balaban J connectivity index is 1.84. The normalized spacial score (nSPS) is 17.7. The Bertz CT molecular complexity index is 1210. The minimum Gasteiger partial charge on any atom is -0.465 e. The van der Waals surface area contributed by atoms with Crippen LogP contribution in [0.1, 0.15) is 36.6 Å². The Morgan fingerprint density at radius 2 is 1.34 bits per heavy atom. The quantitative estimate of drug-likeness (QED) is 0.396. The minimum atomic E-state index is -3.60. The number of carbonyl (C=O) groups excluding carboxylic acids is 1. The van der Waals surface area contributed by atoms with E-state index in [1.165, 1.54) is 6.92 Å². The molecule has 8 heteroatoms. The molecule has 1 aliphatic carbocycles. The fraction of sp³-hybridized carbons (Fsp3) is 0.292. The number of aromatic nitrogens is 2. The molecule has 4 rings (SSSR count). The molecule has 0 amide bonds. The molecule has 166 valence electrons. The third kappa shape index (κ3) is 5.03. The molecule has 1 heterocycles. The van der Waals surface area contributed by atoms with Gasteiger partial charge in [-0.15, -0.1) is 0 Å². The van der Waals surface area contributed by atoms with Crippen LogP contribution in [0.3, 0.4) is 0 Å². The molecule has 1 aliphatic rings. The molecule has 32 heavy (non-hydrogen) atoms. The second-order valence-corrected chi connectivity index (χ2v) is 9.49. The van der Waals surface area contributed by atoms with Crippen molar-refractivity contribution in [3.8, 4) is 22.5 Å². The first kappa shape index (κ1) is 22.1. The van der Waals surface area contributed by atoms with Crippen molar-refractivity contribution < 1.29 is 22.1 Å². The van der Waals surface area contributed by atoms with Crippen molar-refractivity contribution >= 4 is 16.1 Å². The lowest BCUT2D eigenvalue weighted by molar-refractivity contribution is -0.141. The highest BCUT2D eigenvalue weighted by atomic mass is 32.2. The summed E-state index contributed by atoms with van der Waals surface area (Å²) in [5.41, 5.74) is 4.67. The summed E-state index contributed by atoms with van der Waals surface area (Å²) in [6.07, 6.45) is 1.56. The van der Waals surface area contributed by atoms with Crippen LogP contribution >= 0.6 is 0 Å². The topological polar surface area (TPSA) is 95.5 Å². The molecular weight excluding hydrogens is 428 g/mol. The highest BCUT2D eigenvalue weighted by molar-refractivity contribution is 7.85. The lowest BCUT2D eigenvalue weighted by atomic mass is 10.0. The maximum atomic E-state index is 11.6. The van der Waals surface area contributed by atoms with E-state index in [1.807, 2.05) is 60.7 Å². The van der Waals surface area contributed by atoms with Gasteiger partial charge < -0.3 is 4.74 Å². The Labute approximate surface area is 187 Å². The van der Waals surface area contributed by atoms with Gasteiger partial charge in [0.1, 0.15) is 0 Å². The first-order valence-electron chi connectivity index (χ1n) is 10.3. The standard InChI is InChI=1S/C24H24N2O5S/c1-16(27)30-14-19-13-20(15-31-32(2,28)29)24-23(19)25-21(17-9-5-3-6-10-17)22(26-24)18-11-7-4-8-12-18/h3-12,19-20H,13-15H2,1-2H3/t19-,20+/m1/s1. The summed E-state index contributed by atoms with van der Waals surface area (Å²) in [6, 6.07) is 19.5. The molecular formula is C24H24N2O5S. The third-order valence-electron chi connectivity index (χ3n) is 5.36. The number of ether oxygens (including phenoxy) is 1. The summed E-state index contributed by atoms with van der Waals surface area (Å²) in [5.74, 6) is -0.846. The van der Waals surface area contributed by atoms with E-state index in [2.05, 4.69) is 0 Å². The maximum Gasteiger partial charge on any atom is 0.302 e. The van der Waals surface area contributed by atoms with Crippen molar-refractivity contribution in [2.24, 2.45) is 0 Å². The molecule has 0 N–H and O–H groups in total. The van der Waals surface area contributed by atoms with E-state index in [-0.39, 0.29) is 31.0 Å². The van der Waals surface area contributed by atoms with E-state index < -0.39 is 10.1 Å². The largest absolute Gasteiger partial charge is 0.465 e. The van der Waals surface area contributed by atoms with Gasteiger partial charge in [-0.1, -0.05) is 60.7 Å². The predicted molar refractivity (Wildman–Crippen MR) is 120 cm³/mol. The maximum absolute atomic E-state index is 11.6. The van der Waals surface area contributed by atoms with Crippen molar-refractivity contribution in [3.63, 3.8) is 0 Å². The van der Waals surface area contributed by atoms with Gasteiger partial charge in [-0.3, -0.25) is 8.98 Å². The van der Waals surface area contributed by atoms with E-state index in [4.69, 9.17) is 18.9 Å². The van der Waals surface area contributed by atoms with Crippen LogP contribution in [0.5, 0.6) is 0 Å². The van der Waals surface area contributed by atoms with Crippen molar-refractivity contribution in [1.82, 2.24) is 9.97 Å². The van der Waals surface area contributed by atoms with Gasteiger partial charge in [-0.2, -0.15) is 8.42 Å². The SMILES string of the molecule is CC(=O)OC[C@H]1C[C@@H](COS(C)(=O)=O)c2nc(-c3ccccc3)c(-c3ccccc3)nc21. The second kappa shape index (κ2) is 9.18. The van der Waals surface area contributed by atoms with Crippen LogP contribution in [0.4, 0.5) is 0 Å². The summed E-state index contributed by atoms with van der Waals surface area (Å²) in [5, 5.41) is 0. The first-order valence-corrected chi connectivity index (χ1v) is 12.1. The first-order chi connectivity index (χ1) is 15.3. The zero-order valence-electron chi connectivity index (χ0n) is 17.9. The molecule has 7 nitrogen and oxygen atoms in total. The molecule has 0 radical (unpaired) electrons. The van der Waals surface area contributed by atoms with Crippen LogP contribution in [-0.4, -0.2) is 43.8 Å². The third-order valence-corrected chi connectivity index (χ3v) is 5.92.